The molecule has 3 heteroatoms. The van der Waals surface area contributed by atoms with Gasteiger partial charge in [-0.25, -0.2) is 0 Å². The summed E-state index contributed by atoms with van der Waals surface area (Å²) in [7, 11) is 0. The van der Waals surface area contributed by atoms with E-state index in [0.29, 0.717) is 6.54 Å². The number of hydrogen-bond donors (Lipinski definition) is 2. The van der Waals surface area contributed by atoms with Crippen molar-refractivity contribution < 1.29 is 4.79 Å². The third-order valence-corrected chi connectivity index (χ3v) is 2.62. The molecule has 0 aliphatic heterocycles. The largest absolute Gasteiger partial charge is 0.361 e. The van der Waals surface area contributed by atoms with Crippen LogP contribution >= 0.6 is 0 Å². The van der Waals surface area contributed by atoms with E-state index in [-0.39, 0.29) is 11.3 Å². The maximum Gasteiger partial charge on any atom is 0.251 e. The van der Waals surface area contributed by atoms with Crippen molar-refractivity contribution in [1.82, 2.24) is 10.3 Å². The summed E-state index contributed by atoms with van der Waals surface area (Å²) in [6.45, 7) is 6.98. The van der Waals surface area contributed by atoms with Gasteiger partial charge in [0.15, 0.2) is 0 Å². The standard InChI is InChI=1S/C14H18N2O/c1-14(2,3)9-16-13(17)11-5-4-6-12-10(11)7-8-15-12/h4-8,15H,9H2,1-3H3,(H,16,17). The SMILES string of the molecule is CC(C)(C)CNC(=O)c1cccc2[nH]ccc12. The molecule has 0 bridgehead atoms. The van der Waals surface area contributed by atoms with Crippen molar-refractivity contribution in [3.63, 3.8) is 0 Å². The highest BCUT2D eigenvalue weighted by molar-refractivity contribution is 6.06. The average Bonchev–Trinajstić information content (AvgIpc) is 2.72. The molecule has 3 nitrogen and oxygen atoms in total. The highest BCUT2D eigenvalue weighted by atomic mass is 16.1. The molecule has 1 amide bonds. The molecule has 1 aromatic carbocycles. The van der Waals surface area contributed by atoms with E-state index in [1.165, 1.54) is 0 Å². The predicted octanol–water partition coefficient (Wildman–Crippen LogP) is 2.94. The topological polar surface area (TPSA) is 44.9 Å². The molecular weight excluding hydrogens is 212 g/mol. The number of aromatic nitrogens is 1. The number of nitrogens with one attached hydrogen (secondary N) is 2. The molecule has 2 rings (SSSR count). The minimum Gasteiger partial charge on any atom is -0.361 e. The second-order valence-corrected chi connectivity index (χ2v) is 5.49. The van der Waals surface area contributed by atoms with E-state index >= 15 is 0 Å². The Kier molecular flexibility index (Phi) is 2.92. The molecule has 1 heterocycles. The lowest BCUT2D eigenvalue weighted by Crippen LogP contribution is -2.32. The Morgan fingerprint density at radius 3 is 2.76 bits per heavy atom. The van der Waals surface area contributed by atoms with Crippen molar-refractivity contribution in [1.29, 1.82) is 0 Å². The first-order valence-electron chi connectivity index (χ1n) is 5.82. The van der Waals surface area contributed by atoms with Crippen LogP contribution in [0.25, 0.3) is 10.9 Å². The molecule has 0 aliphatic carbocycles. The van der Waals surface area contributed by atoms with Crippen LogP contribution in [0.2, 0.25) is 0 Å². The molecule has 0 unspecified atom stereocenters. The number of amides is 1. The number of aromatic amines is 1. The van der Waals surface area contributed by atoms with Gasteiger partial charge in [-0.1, -0.05) is 26.8 Å². The Labute approximate surface area is 101 Å². The maximum atomic E-state index is 12.1. The molecule has 0 saturated carbocycles. The first-order valence-corrected chi connectivity index (χ1v) is 5.82. The van der Waals surface area contributed by atoms with Crippen LogP contribution in [0.15, 0.2) is 30.5 Å². The van der Waals surface area contributed by atoms with Crippen LogP contribution in [-0.2, 0) is 0 Å². The molecule has 0 atom stereocenters. The molecule has 17 heavy (non-hydrogen) atoms. The number of fused-ring (bicyclic) bond motifs is 1. The van der Waals surface area contributed by atoms with Crippen LogP contribution in [0.1, 0.15) is 31.1 Å². The lowest BCUT2D eigenvalue weighted by atomic mass is 9.97. The third-order valence-electron chi connectivity index (χ3n) is 2.62. The minimum absolute atomic E-state index is 0.00914. The molecule has 0 fully saturated rings. The summed E-state index contributed by atoms with van der Waals surface area (Å²) in [5, 5.41) is 3.94. The second-order valence-electron chi connectivity index (χ2n) is 5.49. The summed E-state index contributed by atoms with van der Waals surface area (Å²) >= 11 is 0. The molecule has 2 N–H and O–H groups in total. The molecule has 2 aromatic rings. The quantitative estimate of drug-likeness (QED) is 0.818. The fraction of sp³-hybridized carbons (Fsp3) is 0.357. The van der Waals surface area contributed by atoms with E-state index < -0.39 is 0 Å². The van der Waals surface area contributed by atoms with Crippen LogP contribution in [0.3, 0.4) is 0 Å². The summed E-state index contributed by atoms with van der Waals surface area (Å²) in [4.78, 5) is 15.2. The monoisotopic (exact) mass is 230 g/mol. The fourth-order valence-corrected chi connectivity index (χ4v) is 1.72. The van der Waals surface area contributed by atoms with E-state index in [1.807, 2.05) is 30.5 Å². The summed E-state index contributed by atoms with van der Waals surface area (Å²) < 4.78 is 0. The molecule has 0 spiro atoms. The van der Waals surface area contributed by atoms with Gasteiger partial charge in [0.1, 0.15) is 0 Å². The van der Waals surface area contributed by atoms with Crippen molar-refractivity contribution in [3.05, 3.63) is 36.0 Å². The Hall–Kier alpha value is -1.77. The number of carbonyl (C=O) groups excluding carboxylic acids is 1. The van der Waals surface area contributed by atoms with E-state index in [9.17, 15) is 4.79 Å². The lowest BCUT2D eigenvalue weighted by Gasteiger charge is -2.18. The number of benzene rings is 1. The number of rotatable bonds is 2. The van der Waals surface area contributed by atoms with Crippen LogP contribution in [0.5, 0.6) is 0 Å². The van der Waals surface area contributed by atoms with E-state index in [4.69, 9.17) is 0 Å². The number of H-pyrrole nitrogens is 1. The third kappa shape index (κ3) is 2.67. The Morgan fingerprint density at radius 2 is 2.06 bits per heavy atom. The van der Waals surface area contributed by atoms with Gasteiger partial charge in [-0.3, -0.25) is 4.79 Å². The first kappa shape index (κ1) is 11.7. The Balaban J connectivity index is 2.22. The first-order chi connectivity index (χ1) is 7.97. The van der Waals surface area contributed by atoms with Crippen molar-refractivity contribution in [3.8, 4) is 0 Å². The maximum absolute atomic E-state index is 12.1. The zero-order valence-corrected chi connectivity index (χ0v) is 10.5. The van der Waals surface area contributed by atoms with E-state index in [2.05, 4.69) is 31.1 Å². The van der Waals surface area contributed by atoms with Crippen LogP contribution in [-0.4, -0.2) is 17.4 Å². The van der Waals surface area contributed by atoms with Crippen molar-refractivity contribution >= 4 is 16.8 Å². The predicted molar refractivity (Wildman–Crippen MR) is 70.1 cm³/mol. The normalized spacial score (nSPS) is 11.7. The van der Waals surface area contributed by atoms with Crippen LogP contribution in [0.4, 0.5) is 0 Å². The summed E-state index contributed by atoms with van der Waals surface area (Å²) in [5.41, 5.74) is 1.82. The van der Waals surface area contributed by atoms with Gasteiger partial charge in [0.25, 0.3) is 5.91 Å². The minimum atomic E-state index is -0.00914. The van der Waals surface area contributed by atoms with Crippen LogP contribution in [0, 0.1) is 5.41 Å². The zero-order valence-electron chi connectivity index (χ0n) is 10.5. The van der Waals surface area contributed by atoms with Crippen molar-refractivity contribution in [2.75, 3.05) is 6.54 Å². The number of hydrogen-bond acceptors (Lipinski definition) is 1. The summed E-state index contributed by atoms with van der Waals surface area (Å²) in [5.74, 6) is -0.00914. The van der Waals surface area contributed by atoms with Crippen molar-refractivity contribution in [2.45, 2.75) is 20.8 Å². The fourth-order valence-electron chi connectivity index (χ4n) is 1.72. The van der Waals surface area contributed by atoms with Gasteiger partial charge in [0, 0.05) is 29.2 Å². The van der Waals surface area contributed by atoms with E-state index in [0.717, 1.165) is 16.5 Å². The van der Waals surface area contributed by atoms with Gasteiger partial charge >= 0.3 is 0 Å². The highest BCUT2D eigenvalue weighted by Gasteiger charge is 2.14. The van der Waals surface area contributed by atoms with Crippen molar-refractivity contribution in [2.24, 2.45) is 5.41 Å². The molecular formula is C14H18N2O. The Morgan fingerprint density at radius 1 is 1.29 bits per heavy atom. The van der Waals surface area contributed by atoms with Gasteiger partial charge in [-0.05, 0) is 23.6 Å². The van der Waals surface area contributed by atoms with Gasteiger partial charge in [0.2, 0.25) is 0 Å². The summed E-state index contributed by atoms with van der Waals surface area (Å²) in [6, 6.07) is 7.65. The lowest BCUT2D eigenvalue weighted by molar-refractivity contribution is 0.0941. The molecule has 1 aromatic heterocycles. The molecule has 90 valence electrons. The highest BCUT2D eigenvalue weighted by Crippen LogP contribution is 2.18. The number of carbonyl (C=O) groups is 1. The van der Waals surface area contributed by atoms with Gasteiger partial charge in [-0.15, -0.1) is 0 Å². The average molecular weight is 230 g/mol. The van der Waals surface area contributed by atoms with Gasteiger partial charge < -0.3 is 10.3 Å². The molecule has 0 aliphatic rings. The zero-order chi connectivity index (χ0) is 12.5. The van der Waals surface area contributed by atoms with Gasteiger partial charge in [0.05, 0.1) is 0 Å². The van der Waals surface area contributed by atoms with Crippen LogP contribution < -0.4 is 5.32 Å². The summed E-state index contributed by atoms with van der Waals surface area (Å²) in [6.07, 6.45) is 1.85. The Bertz CT molecular complexity index is 534. The van der Waals surface area contributed by atoms with E-state index in [1.54, 1.807) is 0 Å². The molecule has 0 radical (unpaired) electrons. The smallest absolute Gasteiger partial charge is 0.251 e. The van der Waals surface area contributed by atoms with Gasteiger partial charge in [-0.2, -0.15) is 0 Å². The second kappa shape index (κ2) is 4.24. The molecule has 0 saturated heterocycles.